The number of carbonyl (C=O) groups excluding carboxylic acids is 1. The van der Waals surface area contributed by atoms with Gasteiger partial charge in [0.25, 0.3) is 0 Å². The second kappa shape index (κ2) is 6.21. The Hall–Kier alpha value is -1.33. The van der Waals surface area contributed by atoms with Crippen molar-refractivity contribution in [2.75, 3.05) is 25.1 Å². The number of anilines is 1. The van der Waals surface area contributed by atoms with Crippen molar-refractivity contribution in [3.8, 4) is 0 Å². The molecule has 0 aromatic carbocycles. The Kier molecular flexibility index (Phi) is 4.86. The molecule has 82 valence electrons. The van der Waals surface area contributed by atoms with E-state index in [1.54, 1.807) is 18.3 Å². The number of pyridine rings is 1. The van der Waals surface area contributed by atoms with E-state index in [0.717, 1.165) is 0 Å². The number of nitrogens with one attached hydrogen (secondary N) is 1. The van der Waals surface area contributed by atoms with Gasteiger partial charge in [-0.1, -0.05) is 11.6 Å². The van der Waals surface area contributed by atoms with E-state index in [-0.39, 0.29) is 6.61 Å². The summed E-state index contributed by atoms with van der Waals surface area (Å²) in [6, 6.07) is 3.50. The van der Waals surface area contributed by atoms with Crippen molar-refractivity contribution in [2.24, 2.45) is 5.73 Å². The van der Waals surface area contributed by atoms with Crippen LogP contribution in [0.3, 0.4) is 0 Å². The summed E-state index contributed by atoms with van der Waals surface area (Å²) < 4.78 is 4.95. The third-order valence-corrected chi connectivity index (χ3v) is 1.75. The zero-order chi connectivity index (χ0) is 11.1. The van der Waals surface area contributed by atoms with Crippen LogP contribution in [-0.4, -0.2) is 30.6 Å². The van der Waals surface area contributed by atoms with Gasteiger partial charge in [-0.3, -0.25) is 4.79 Å². The van der Waals surface area contributed by atoms with Crippen molar-refractivity contribution in [3.63, 3.8) is 0 Å². The average Bonchev–Trinajstić information content (AvgIpc) is 2.20. The minimum atomic E-state index is -0.473. The van der Waals surface area contributed by atoms with Crippen LogP contribution in [0.1, 0.15) is 0 Å². The van der Waals surface area contributed by atoms with E-state index < -0.39 is 5.91 Å². The summed E-state index contributed by atoms with van der Waals surface area (Å²) in [5.41, 5.74) is 4.89. The highest BCUT2D eigenvalue weighted by Gasteiger charge is 1.95. The highest BCUT2D eigenvalue weighted by molar-refractivity contribution is 6.30. The lowest BCUT2D eigenvalue weighted by Gasteiger charge is -2.05. The van der Waals surface area contributed by atoms with Gasteiger partial charge < -0.3 is 15.8 Å². The van der Waals surface area contributed by atoms with Gasteiger partial charge in [-0.05, 0) is 12.1 Å². The standard InChI is InChI=1S/C9H12ClN3O2/c10-7-1-2-9(13-5-7)12-3-4-15-6-8(11)14/h1-2,5H,3-4,6H2,(H2,11,14)(H,12,13). The van der Waals surface area contributed by atoms with Gasteiger partial charge in [-0.2, -0.15) is 0 Å². The number of halogens is 1. The maximum Gasteiger partial charge on any atom is 0.243 e. The van der Waals surface area contributed by atoms with Crippen molar-refractivity contribution in [1.29, 1.82) is 0 Å². The van der Waals surface area contributed by atoms with Crippen molar-refractivity contribution < 1.29 is 9.53 Å². The molecule has 5 nitrogen and oxygen atoms in total. The second-order valence-corrected chi connectivity index (χ2v) is 3.24. The molecular formula is C9H12ClN3O2. The summed E-state index contributed by atoms with van der Waals surface area (Å²) in [4.78, 5) is 14.3. The van der Waals surface area contributed by atoms with Crippen LogP contribution in [0.4, 0.5) is 5.82 Å². The van der Waals surface area contributed by atoms with Gasteiger partial charge in [-0.25, -0.2) is 4.98 Å². The molecule has 0 radical (unpaired) electrons. The number of rotatable bonds is 6. The third kappa shape index (κ3) is 5.19. The van der Waals surface area contributed by atoms with E-state index >= 15 is 0 Å². The van der Waals surface area contributed by atoms with E-state index in [2.05, 4.69) is 10.3 Å². The molecule has 1 rings (SSSR count). The summed E-state index contributed by atoms with van der Waals surface area (Å²) in [7, 11) is 0. The molecule has 0 atom stereocenters. The largest absolute Gasteiger partial charge is 0.370 e. The van der Waals surface area contributed by atoms with Gasteiger partial charge in [0.2, 0.25) is 5.91 Å². The highest BCUT2D eigenvalue weighted by atomic mass is 35.5. The quantitative estimate of drug-likeness (QED) is 0.703. The minimum absolute atomic E-state index is 0.0598. The molecule has 6 heteroatoms. The first-order valence-electron chi connectivity index (χ1n) is 4.40. The molecule has 0 aliphatic carbocycles. The number of aromatic nitrogens is 1. The van der Waals surface area contributed by atoms with Crippen LogP contribution in [0.2, 0.25) is 5.02 Å². The SMILES string of the molecule is NC(=O)COCCNc1ccc(Cl)cn1. The Balaban J connectivity index is 2.15. The molecule has 1 amide bonds. The highest BCUT2D eigenvalue weighted by Crippen LogP contribution is 2.08. The molecule has 0 fully saturated rings. The monoisotopic (exact) mass is 229 g/mol. The molecule has 0 saturated heterocycles. The van der Waals surface area contributed by atoms with E-state index in [1.807, 2.05) is 0 Å². The van der Waals surface area contributed by atoms with Crippen LogP contribution in [0.15, 0.2) is 18.3 Å². The van der Waals surface area contributed by atoms with Gasteiger partial charge in [0.1, 0.15) is 12.4 Å². The molecular weight excluding hydrogens is 218 g/mol. The van der Waals surface area contributed by atoms with Crippen LogP contribution in [0, 0.1) is 0 Å². The summed E-state index contributed by atoms with van der Waals surface area (Å²) in [6.45, 7) is 0.894. The lowest BCUT2D eigenvalue weighted by Crippen LogP contribution is -2.20. The number of nitrogens with zero attached hydrogens (tertiary/aromatic N) is 1. The summed E-state index contributed by atoms with van der Waals surface area (Å²) in [6.07, 6.45) is 1.55. The van der Waals surface area contributed by atoms with E-state index in [9.17, 15) is 4.79 Å². The number of ether oxygens (including phenoxy) is 1. The van der Waals surface area contributed by atoms with Gasteiger partial charge in [0.05, 0.1) is 11.6 Å². The summed E-state index contributed by atoms with van der Waals surface area (Å²) >= 11 is 5.66. The molecule has 0 spiro atoms. The molecule has 3 N–H and O–H groups in total. The Bertz CT molecular complexity index is 316. The second-order valence-electron chi connectivity index (χ2n) is 2.81. The summed E-state index contributed by atoms with van der Waals surface area (Å²) in [5.74, 6) is 0.238. The lowest BCUT2D eigenvalue weighted by molar-refractivity contribution is -0.122. The summed E-state index contributed by atoms with van der Waals surface area (Å²) in [5, 5.41) is 3.59. The normalized spacial score (nSPS) is 9.93. The molecule has 1 aromatic rings. The van der Waals surface area contributed by atoms with E-state index in [0.29, 0.717) is 24.0 Å². The Morgan fingerprint density at radius 3 is 3.00 bits per heavy atom. The predicted octanol–water partition coefficient (Wildman–Crippen LogP) is 0.649. The Labute approximate surface area is 92.6 Å². The Morgan fingerprint density at radius 1 is 1.60 bits per heavy atom. The average molecular weight is 230 g/mol. The zero-order valence-corrected chi connectivity index (χ0v) is 8.83. The molecule has 0 aliphatic heterocycles. The van der Waals surface area contributed by atoms with Gasteiger partial charge in [-0.15, -0.1) is 0 Å². The number of primary amides is 1. The lowest BCUT2D eigenvalue weighted by atomic mass is 10.4. The number of hydrogen-bond acceptors (Lipinski definition) is 4. The van der Waals surface area contributed by atoms with Crippen molar-refractivity contribution >= 4 is 23.3 Å². The fourth-order valence-electron chi connectivity index (χ4n) is 0.904. The van der Waals surface area contributed by atoms with Crippen molar-refractivity contribution in [2.45, 2.75) is 0 Å². The number of hydrogen-bond donors (Lipinski definition) is 2. The third-order valence-electron chi connectivity index (χ3n) is 1.52. The van der Waals surface area contributed by atoms with Gasteiger partial charge in [0.15, 0.2) is 0 Å². The van der Waals surface area contributed by atoms with Crippen molar-refractivity contribution in [1.82, 2.24) is 4.98 Å². The molecule has 0 aliphatic rings. The van der Waals surface area contributed by atoms with E-state index in [4.69, 9.17) is 22.1 Å². The smallest absolute Gasteiger partial charge is 0.243 e. The van der Waals surface area contributed by atoms with Crippen LogP contribution in [0.5, 0.6) is 0 Å². The molecule has 0 bridgehead atoms. The van der Waals surface area contributed by atoms with Gasteiger partial charge >= 0.3 is 0 Å². The first-order chi connectivity index (χ1) is 7.18. The number of amides is 1. The minimum Gasteiger partial charge on any atom is -0.370 e. The zero-order valence-electron chi connectivity index (χ0n) is 8.07. The molecule has 1 heterocycles. The van der Waals surface area contributed by atoms with Gasteiger partial charge in [0, 0.05) is 12.7 Å². The fraction of sp³-hybridized carbons (Fsp3) is 0.333. The maximum absolute atomic E-state index is 10.3. The van der Waals surface area contributed by atoms with Crippen LogP contribution in [-0.2, 0) is 9.53 Å². The molecule has 0 saturated carbocycles. The molecule has 15 heavy (non-hydrogen) atoms. The fourth-order valence-corrected chi connectivity index (χ4v) is 1.02. The predicted molar refractivity (Wildman–Crippen MR) is 57.8 cm³/mol. The molecule has 1 aromatic heterocycles. The number of nitrogens with two attached hydrogens (primary N) is 1. The first-order valence-corrected chi connectivity index (χ1v) is 4.78. The Morgan fingerprint density at radius 2 is 2.40 bits per heavy atom. The van der Waals surface area contributed by atoms with Crippen LogP contribution in [0.25, 0.3) is 0 Å². The number of carbonyl (C=O) groups is 1. The topological polar surface area (TPSA) is 77.2 Å². The van der Waals surface area contributed by atoms with E-state index in [1.165, 1.54) is 0 Å². The maximum atomic E-state index is 10.3. The van der Waals surface area contributed by atoms with Crippen LogP contribution < -0.4 is 11.1 Å². The van der Waals surface area contributed by atoms with Crippen LogP contribution >= 0.6 is 11.6 Å². The van der Waals surface area contributed by atoms with Crippen molar-refractivity contribution in [3.05, 3.63) is 23.4 Å². The molecule has 0 unspecified atom stereocenters. The first kappa shape index (κ1) is 11.7.